The van der Waals surface area contributed by atoms with Crippen molar-refractivity contribution in [3.05, 3.63) is 18.5 Å². The van der Waals surface area contributed by atoms with E-state index in [4.69, 9.17) is 0 Å². The smallest absolute Gasteiger partial charge is 0.0676 e. The molecule has 1 aromatic heterocycles. The van der Waals surface area contributed by atoms with E-state index in [-0.39, 0.29) is 4.90 Å². The maximum atomic E-state index is 10.5. The summed E-state index contributed by atoms with van der Waals surface area (Å²) in [5.74, 6) is 0. The molecule has 1 rings (SSSR count). The second-order valence-electron chi connectivity index (χ2n) is 1.86. The highest BCUT2D eigenvalue weighted by molar-refractivity contribution is 7.79. The first kappa shape index (κ1) is 8.16. The molecule has 0 aliphatic heterocycles. The van der Waals surface area contributed by atoms with Crippen molar-refractivity contribution in [3.8, 4) is 0 Å². The van der Waals surface area contributed by atoms with Gasteiger partial charge in [-0.2, -0.15) is 0 Å². The summed E-state index contributed by atoms with van der Waals surface area (Å²) in [6.45, 7) is 0. The summed E-state index contributed by atoms with van der Waals surface area (Å²) < 4.78 is 21.0. The Morgan fingerprint density at radius 1 is 1.73 bits per heavy atom. The van der Waals surface area contributed by atoms with E-state index in [0.717, 1.165) is 0 Å². The molecule has 0 saturated heterocycles. The maximum Gasteiger partial charge on any atom is 0.0676 e. The third-order valence-electron chi connectivity index (χ3n) is 1.23. The van der Waals surface area contributed by atoms with Crippen LogP contribution in [-0.2, 0) is 11.1 Å². The van der Waals surface area contributed by atoms with Crippen LogP contribution in [0.5, 0.6) is 0 Å². The molecule has 0 aliphatic carbocycles. The Labute approximate surface area is 66.9 Å². The lowest BCUT2D eigenvalue weighted by atomic mass is 10.4. The van der Waals surface area contributed by atoms with Crippen LogP contribution >= 0.6 is 0 Å². The van der Waals surface area contributed by atoms with Gasteiger partial charge >= 0.3 is 0 Å². The number of hydrogen-bond acceptors (Lipinski definition) is 4. The molecule has 0 amide bonds. The monoisotopic (exact) mass is 171 g/mol. The fourth-order valence-corrected chi connectivity index (χ4v) is 1.22. The molecule has 0 bridgehead atoms. The third kappa shape index (κ3) is 1.75. The van der Waals surface area contributed by atoms with E-state index in [2.05, 4.69) is 10.3 Å². The molecular formula is C6H7N2O2S-. The van der Waals surface area contributed by atoms with Gasteiger partial charge in [-0.3, -0.25) is 9.19 Å². The average Bonchev–Trinajstić information content (AvgIpc) is 2.04. The van der Waals surface area contributed by atoms with Crippen LogP contribution in [0.2, 0.25) is 0 Å². The number of anilines is 1. The molecule has 0 spiro atoms. The number of nitrogens with zero attached hydrogens (tertiary/aromatic N) is 1. The van der Waals surface area contributed by atoms with E-state index in [9.17, 15) is 8.76 Å². The average molecular weight is 171 g/mol. The molecule has 0 aromatic carbocycles. The molecule has 1 heterocycles. The number of pyridine rings is 1. The third-order valence-corrected chi connectivity index (χ3v) is 1.95. The minimum Gasteiger partial charge on any atom is -0.768 e. The fraction of sp³-hybridized carbons (Fsp3) is 0.167. The van der Waals surface area contributed by atoms with Gasteiger partial charge in [-0.05, 0) is 17.1 Å². The van der Waals surface area contributed by atoms with E-state index in [1.165, 1.54) is 18.5 Å². The fourth-order valence-electron chi connectivity index (χ4n) is 0.715. The van der Waals surface area contributed by atoms with E-state index >= 15 is 0 Å². The quantitative estimate of drug-likeness (QED) is 0.652. The first-order chi connectivity index (χ1) is 5.25. The molecule has 60 valence electrons. The summed E-state index contributed by atoms with van der Waals surface area (Å²) >= 11 is -2.19. The van der Waals surface area contributed by atoms with E-state index in [0.29, 0.717) is 5.69 Å². The van der Waals surface area contributed by atoms with E-state index in [1.54, 1.807) is 7.05 Å². The molecule has 5 heteroatoms. The topological polar surface area (TPSA) is 65.0 Å². The Bertz CT molecular complexity index is 277. The highest BCUT2D eigenvalue weighted by Gasteiger charge is 1.98. The zero-order valence-corrected chi connectivity index (χ0v) is 6.72. The Morgan fingerprint density at radius 2 is 2.45 bits per heavy atom. The van der Waals surface area contributed by atoms with Crippen molar-refractivity contribution in [1.82, 2.24) is 4.98 Å². The molecule has 4 nitrogen and oxygen atoms in total. The minimum absolute atomic E-state index is 0.238. The van der Waals surface area contributed by atoms with Gasteiger partial charge in [0.15, 0.2) is 0 Å². The molecule has 11 heavy (non-hydrogen) atoms. The maximum absolute atomic E-state index is 10.5. The van der Waals surface area contributed by atoms with Crippen LogP contribution in [0.4, 0.5) is 5.69 Å². The van der Waals surface area contributed by atoms with Crippen molar-refractivity contribution in [2.45, 2.75) is 4.90 Å². The van der Waals surface area contributed by atoms with Gasteiger partial charge < -0.3 is 9.87 Å². The summed E-state index contributed by atoms with van der Waals surface area (Å²) in [5, 5.41) is 2.72. The minimum atomic E-state index is -2.19. The molecule has 0 aliphatic rings. The predicted octanol–water partition coefficient (Wildman–Crippen LogP) is 0.361. The second kappa shape index (κ2) is 3.45. The van der Waals surface area contributed by atoms with Crippen molar-refractivity contribution >= 4 is 16.8 Å². The Kier molecular flexibility index (Phi) is 2.56. The van der Waals surface area contributed by atoms with Gasteiger partial charge in [0.25, 0.3) is 0 Å². The van der Waals surface area contributed by atoms with Gasteiger partial charge in [0.05, 0.1) is 16.8 Å². The molecule has 1 aromatic rings. The molecule has 1 atom stereocenters. The summed E-state index contributed by atoms with van der Waals surface area (Å²) in [6, 6.07) is 1.44. The Hall–Kier alpha value is -0.940. The Balaban J connectivity index is 3.12. The number of hydrogen-bond donors (Lipinski definition) is 1. The van der Waals surface area contributed by atoms with Gasteiger partial charge in [0.2, 0.25) is 0 Å². The van der Waals surface area contributed by atoms with Crippen molar-refractivity contribution in [1.29, 1.82) is 0 Å². The lowest BCUT2D eigenvalue weighted by Crippen LogP contribution is -1.97. The number of aromatic nitrogens is 1. The molecule has 0 radical (unpaired) electrons. The van der Waals surface area contributed by atoms with Crippen LogP contribution in [0.25, 0.3) is 0 Å². The summed E-state index contributed by atoms with van der Waals surface area (Å²) in [6.07, 6.45) is 2.90. The molecular weight excluding hydrogens is 164 g/mol. The van der Waals surface area contributed by atoms with Crippen LogP contribution < -0.4 is 5.32 Å². The van der Waals surface area contributed by atoms with Crippen LogP contribution in [0, 0.1) is 0 Å². The molecule has 1 N–H and O–H groups in total. The van der Waals surface area contributed by atoms with Crippen molar-refractivity contribution < 1.29 is 8.76 Å². The zero-order valence-electron chi connectivity index (χ0n) is 5.90. The van der Waals surface area contributed by atoms with Crippen LogP contribution in [0.15, 0.2) is 23.4 Å². The Morgan fingerprint density at radius 3 is 2.91 bits per heavy atom. The number of nitrogens with one attached hydrogen (secondary N) is 1. The van der Waals surface area contributed by atoms with Gasteiger partial charge in [0.1, 0.15) is 0 Å². The summed E-state index contributed by atoms with van der Waals surface area (Å²) in [7, 11) is 1.65. The van der Waals surface area contributed by atoms with Crippen molar-refractivity contribution in [2.75, 3.05) is 12.4 Å². The first-order valence-corrected chi connectivity index (χ1v) is 4.04. The molecule has 0 fully saturated rings. The summed E-state index contributed by atoms with van der Waals surface area (Å²) in [4.78, 5) is 4.00. The van der Waals surface area contributed by atoms with Gasteiger partial charge in [0, 0.05) is 13.2 Å². The van der Waals surface area contributed by atoms with Gasteiger partial charge in [-0.15, -0.1) is 0 Å². The number of rotatable bonds is 2. The van der Waals surface area contributed by atoms with Crippen molar-refractivity contribution in [2.24, 2.45) is 0 Å². The highest BCUT2D eigenvalue weighted by Crippen LogP contribution is 2.14. The zero-order chi connectivity index (χ0) is 8.27. The van der Waals surface area contributed by atoms with E-state index < -0.39 is 11.1 Å². The molecule has 0 saturated carbocycles. The normalized spacial score (nSPS) is 12.5. The highest BCUT2D eigenvalue weighted by atomic mass is 32.2. The van der Waals surface area contributed by atoms with Crippen LogP contribution in [0.1, 0.15) is 0 Å². The largest absolute Gasteiger partial charge is 0.768 e. The van der Waals surface area contributed by atoms with E-state index in [1.807, 2.05) is 0 Å². The standard InChI is InChI=1S/C6H8N2O2S/c1-7-5-4-8-3-2-6(5)11(9)10/h2-4,7H,1H3,(H,9,10)/p-1. The SMILES string of the molecule is CNc1cnccc1S(=O)[O-]. The first-order valence-electron chi connectivity index (χ1n) is 2.96. The predicted molar refractivity (Wildman–Crippen MR) is 41.0 cm³/mol. The van der Waals surface area contributed by atoms with Crippen molar-refractivity contribution in [3.63, 3.8) is 0 Å². The molecule has 1 unspecified atom stereocenters. The lowest BCUT2D eigenvalue weighted by molar-refractivity contribution is 0.537. The van der Waals surface area contributed by atoms with Gasteiger partial charge in [-0.1, -0.05) is 0 Å². The lowest BCUT2D eigenvalue weighted by Gasteiger charge is -2.09. The van der Waals surface area contributed by atoms with Gasteiger partial charge in [-0.25, -0.2) is 0 Å². The summed E-state index contributed by atoms with van der Waals surface area (Å²) in [5.41, 5.74) is 0.515. The van der Waals surface area contributed by atoms with Crippen LogP contribution in [0.3, 0.4) is 0 Å². The second-order valence-corrected chi connectivity index (χ2v) is 2.77. The van der Waals surface area contributed by atoms with Crippen LogP contribution in [-0.4, -0.2) is 20.8 Å².